The van der Waals surface area contributed by atoms with Gasteiger partial charge in [-0.15, -0.1) is 0 Å². The average molecular weight is 478 g/mol. The van der Waals surface area contributed by atoms with Crippen LogP contribution in [0.3, 0.4) is 0 Å². The molecule has 0 spiro atoms. The van der Waals surface area contributed by atoms with E-state index in [2.05, 4.69) is 15.9 Å². The summed E-state index contributed by atoms with van der Waals surface area (Å²) < 4.78 is 17.9. The van der Waals surface area contributed by atoms with Gasteiger partial charge in [0.1, 0.15) is 24.2 Å². The maximum Gasteiger partial charge on any atom is 0.338 e. The smallest absolute Gasteiger partial charge is 0.338 e. The molecule has 0 saturated heterocycles. The number of para-hydroxylation sites is 1. The molecule has 0 bridgehead atoms. The maximum atomic E-state index is 12.9. The molecule has 3 atom stereocenters. The first-order chi connectivity index (χ1) is 14.0. The topological polar surface area (TPSA) is 61.8 Å². The van der Waals surface area contributed by atoms with E-state index in [4.69, 9.17) is 25.8 Å². The van der Waals surface area contributed by atoms with Crippen LogP contribution in [0.5, 0.6) is 5.75 Å². The van der Waals surface area contributed by atoms with Crippen molar-refractivity contribution in [2.24, 2.45) is 5.92 Å². The number of Topliss-reactive ketones (excluding diaryl/α,β-unsaturated/α-hetero) is 1. The average Bonchev–Trinajstić information content (AvgIpc) is 2.71. The van der Waals surface area contributed by atoms with E-state index in [1.807, 2.05) is 18.2 Å². The minimum absolute atomic E-state index is 0.0865. The summed E-state index contributed by atoms with van der Waals surface area (Å²) in [6.45, 7) is 0. The zero-order valence-corrected chi connectivity index (χ0v) is 17.7. The predicted molar refractivity (Wildman–Crippen MR) is 111 cm³/mol. The lowest BCUT2D eigenvalue weighted by atomic mass is 9.80. The second kappa shape index (κ2) is 8.59. The molecule has 1 aliphatic carbocycles. The molecule has 29 heavy (non-hydrogen) atoms. The number of allylic oxidation sites excluding steroid dienone is 1. The molecule has 150 valence electrons. The Bertz CT molecular complexity index is 973. The van der Waals surface area contributed by atoms with Gasteiger partial charge in [-0.1, -0.05) is 29.8 Å². The third kappa shape index (κ3) is 4.49. The van der Waals surface area contributed by atoms with Crippen LogP contribution >= 0.6 is 27.5 Å². The standard InChI is InChI=1S/C22H18BrClO5/c23-17-6-1-2-7-18(17)29-20-12-27-19-11-15(8-9-16(19)21(20)25)28-22(26)13-4-3-5-14(24)10-13/h1-7,10,12,15-16,19H,8-9,11H2. The Balaban J connectivity index is 1.40. The van der Waals surface area contributed by atoms with Crippen molar-refractivity contribution < 1.29 is 23.8 Å². The predicted octanol–water partition coefficient (Wildman–Crippen LogP) is 5.32. The summed E-state index contributed by atoms with van der Waals surface area (Å²) >= 11 is 9.34. The number of benzene rings is 2. The lowest BCUT2D eigenvalue weighted by Gasteiger charge is -2.36. The molecule has 1 fully saturated rings. The van der Waals surface area contributed by atoms with Crippen LogP contribution in [0.2, 0.25) is 5.02 Å². The lowest BCUT2D eigenvalue weighted by molar-refractivity contribution is -0.132. The summed E-state index contributed by atoms with van der Waals surface area (Å²) in [6, 6.07) is 14.0. The molecule has 0 N–H and O–H groups in total. The molecule has 1 heterocycles. The van der Waals surface area contributed by atoms with E-state index in [0.717, 1.165) is 4.47 Å². The summed E-state index contributed by atoms with van der Waals surface area (Å²) in [5.74, 6) is -0.0763. The molecule has 2 aromatic rings. The molecule has 5 nitrogen and oxygen atoms in total. The van der Waals surface area contributed by atoms with Crippen molar-refractivity contribution in [1.82, 2.24) is 0 Å². The highest BCUT2D eigenvalue weighted by atomic mass is 79.9. The number of hydrogen-bond acceptors (Lipinski definition) is 5. The van der Waals surface area contributed by atoms with Crippen LogP contribution in [0.25, 0.3) is 0 Å². The summed E-state index contributed by atoms with van der Waals surface area (Å²) in [6.07, 6.45) is 2.33. The number of ketones is 1. The van der Waals surface area contributed by atoms with E-state index in [0.29, 0.717) is 35.6 Å². The Kier molecular flexibility index (Phi) is 5.92. The second-order valence-electron chi connectivity index (χ2n) is 7.01. The molecule has 0 radical (unpaired) electrons. The Morgan fingerprint density at radius 1 is 1.14 bits per heavy atom. The van der Waals surface area contributed by atoms with Crippen molar-refractivity contribution in [3.63, 3.8) is 0 Å². The van der Waals surface area contributed by atoms with E-state index in [1.165, 1.54) is 6.26 Å². The fourth-order valence-corrected chi connectivity index (χ4v) is 4.15. The SMILES string of the molecule is O=C(OC1CCC2C(=O)C(Oc3ccccc3Br)=COC2C1)c1cccc(Cl)c1. The van der Waals surface area contributed by atoms with Gasteiger partial charge in [0.05, 0.1) is 16.0 Å². The number of hydrogen-bond donors (Lipinski definition) is 0. The van der Waals surface area contributed by atoms with Crippen LogP contribution in [-0.4, -0.2) is 24.0 Å². The molecule has 2 aliphatic rings. The Labute approximate surface area is 181 Å². The van der Waals surface area contributed by atoms with Gasteiger partial charge in [0.15, 0.2) is 0 Å². The van der Waals surface area contributed by atoms with Crippen LogP contribution < -0.4 is 4.74 Å². The first-order valence-electron chi connectivity index (χ1n) is 9.30. The second-order valence-corrected chi connectivity index (χ2v) is 8.30. The molecule has 0 amide bonds. The van der Waals surface area contributed by atoms with Crippen LogP contribution in [0.4, 0.5) is 0 Å². The van der Waals surface area contributed by atoms with Crippen molar-refractivity contribution in [3.05, 3.63) is 75.6 Å². The van der Waals surface area contributed by atoms with Gasteiger partial charge in [0.25, 0.3) is 0 Å². The molecular weight excluding hydrogens is 460 g/mol. The van der Waals surface area contributed by atoms with Crippen molar-refractivity contribution in [3.8, 4) is 5.75 Å². The van der Waals surface area contributed by atoms with E-state index in [-0.39, 0.29) is 29.7 Å². The van der Waals surface area contributed by atoms with Gasteiger partial charge in [-0.3, -0.25) is 4.79 Å². The molecule has 0 aromatic heterocycles. The van der Waals surface area contributed by atoms with Crippen LogP contribution in [-0.2, 0) is 14.3 Å². The maximum absolute atomic E-state index is 12.9. The molecular formula is C22H18BrClO5. The number of rotatable bonds is 4. The summed E-state index contributed by atoms with van der Waals surface area (Å²) in [7, 11) is 0. The summed E-state index contributed by atoms with van der Waals surface area (Å²) in [5, 5.41) is 0.479. The zero-order valence-electron chi connectivity index (χ0n) is 15.3. The van der Waals surface area contributed by atoms with Crippen molar-refractivity contribution in [2.45, 2.75) is 31.5 Å². The molecule has 7 heteroatoms. The van der Waals surface area contributed by atoms with E-state index >= 15 is 0 Å². The van der Waals surface area contributed by atoms with Crippen molar-refractivity contribution in [2.75, 3.05) is 0 Å². The van der Waals surface area contributed by atoms with Crippen LogP contribution in [0.1, 0.15) is 29.6 Å². The number of fused-ring (bicyclic) bond motifs is 1. The fourth-order valence-electron chi connectivity index (χ4n) is 3.60. The molecule has 2 aromatic carbocycles. The zero-order chi connectivity index (χ0) is 20.4. The van der Waals surface area contributed by atoms with E-state index in [9.17, 15) is 9.59 Å². The molecule has 1 saturated carbocycles. The highest BCUT2D eigenvalue weighted by Gasteiger charge is 2.42. The number of ether oxygens (including phenoxy) is 3. The Hall–Kier alpha value is -2.31. The van der Waals surface area contributed by atoms with Crippen LogP contribution in [0, 0.1) is 5.92 Å². The number of carbonyl (C=O) groups is 2. The first kappa shape index (κ1) is 20.0. The van der Waals surface area contributed by atoms with Gasteiger partial charge in [-0.05, 0) is 59.1 Å². The van der Waals surface area contributed by atoms with Gasteiger partial charge in [-0.2, -0.15) is 0 Å². The molecule has 1 aliphatic heterocycles. The highest BCUT2D eigenvalue weighted by molar-refractivity contribution is 9.10. The third-order valence-corrected chi connectivity index (χ3v) is 5.95. The van der Waals surface area contributed by atoms with Gasteiger partial charge in [-0.25, -0.2) is 4.79 Å². The number of halogens is 2. The lowest BCUT2D eigenvalue weighted by Crippen LogP contribution is -2.43. The van der Waals surface area contributed by atoms with E-state index < -0.39 is 5.97 Å². The first-order valence-corrected chi connectivity index (χ1v) is 10.5. The van der Waals surface area contributed by atoms with Gasteiger partial charge in [0, 0.05) is 11.4 Å². The highest BCUT2D eigenvalue weighted by Crippen LogP contribution is 2.36. The van der Waals surface area contributed by atoms with E-state index in [1.54, 1.807) is 30.3 Å². The fraction of sp³-hybridized carbons (Fsp3) is 0.273. The Morgan fingerprint density at radius 3 is 2.76 bits per heavy atom. The van der Waals surface area contributed by atoms with Crippen molar-refractivity contribution >= 4 is 39.3 Å². The summed E-state index contributed by atoms with van der Waals surface area (Å²) in [4.78, 5) is 25.2. The van der Waals surface area contributed by atoms with Crippen LogP contribution in [0.15, 0.2) is 65.0 Å². The number of carbonyl (C=O) groups excluding carboxylic acids is 2. The summed E-state index contributed by atoms with van der Waals surface area (Å²) in [5.41, 5.74) is 0.407. The van der Waals surface area contributed by atoms with Gasteiger partial charge in [0.2, 0.25) is 11.5 Å². The van der Waals surface area contributed by atoms with Crippen molar-refractivity contribution in [1.29, 1.82) is 0 Å². The van der Waals surface area contributed by atoms with Gasteiger partial charge < -0.3 is 14.2 Å². The minimum Gasteiger partial charge on any atom is -0.493 e. The minimum atomic E-state index is -0.424. The number of esters is 1. The molecule has 4 rings (SSSR count). The third-order valence-electron chi connectivity index (χ3n) is 5.06. The molecule has 3 unspecified atom stereocenters. The Morgan fingerprint density at radius 2 is 1.97 bits per heavy atom. The van der Waals surface area contributed by atoms with Gasteiger partial charge >= 0.3 is 5.97 Å². The normalized spacial score (nSPS) is 23.4. The largest absolute Gasteiger partial charge is 0.493 e. The quantitative estimate of drug-likeness (QED) is 0.558. The monoisotopic (exact) mass is 476 g/mol.